The maximum atomic E-state index is 12.3. The van der Waals surface area contributed by atoms with E-state index in [9.17, 15) is 4.79 Å². The largest absolute Gasteiger partial charge is 0.496 e. The number of rotatable bonds is 6. The summed E-state index contributed by atoms with van der Waals surface area (Å²) >= 11 is 0. The highest BCUT2D eigenvalue weighted by molar-refractivity contribution is 14.0. The molecule has 1 heterocycles. The predicted molar refractivity (Wildman–Crippen MR) is 137 cm³/mol. The van der Waals surface area contributed by atoms with Gasteiger partial charge < -0.3 is 25.0 Å². The lowest BCUT2D eigenvalue weighted by Crippen LogP contribution is -2.47. The summed E-state index contributed by atoms with van der Waals surface area (Å²) in [5.74, 6) is 2.06. The molecule has 0 radical (unpaired) electrons. The van der Waals surface area contributed by atoms with Gasteiger partial charge in [0.2, 0.25) is 0 Å². The number of carbonyl (C=O) groups excluding carboxylic acids is 1. The third kappa shape index (κ3) is 9.53. The van der Waals surface area contributed by atoms with Gasteiger partial charge in [-0.3, -0.25) is 4.99 Å². The van der Waals surface area contributed by atoms with Crippen LogP contribution in [0.3, 0.4) is 0 Å². The number of piperidine rings is 1. The van der Waals surface area contributed by atoms with Gasteiger partial charge >= 0.3 is 6.09 Å². The summed E-state index contributed by atoms with van der Waals surface area (Å²) in [6.07, 6.45) is 2.71. The molecule has 1 aromatic rings. The van der Waals surface area contributed by atoms with Crippen molar-refractivity contribution in [3.8, 4) is 5.75 Å². The molecule has 176 valence electrons. The van der Waals surface area contributed by atoms with Crippen LogP contribution in [0.25, 0.3) is 0 Å². The number of halogens is 1. The highest BCUT2D eigenvalue weighted by Crippen LogP contribution is 2.20. The number of aryl methyl sites for hydroxylation is 1. The first-order valence-corrected chi connectivity index (χ1v) is 10.8. The van der Waals surface area contributed by atoms with E-state index in [-0.39, 0.29) is 30.1 Å². The molecule has 1 aromatic carbocycles. The molecule has 2 rings (SSSR count). The van der Waals surface area contributed by atoms with Gasteiger partial charge in [-0.2, -0.15) is 0 Å². The number of nitrogens with zero attached hydrogens (tertiary/aromatic N) is 2. The summed E-state index contributed by atoms with van der Waals surface area (Å²) < 4.78 is 11.0. The Kier molecular flexibility index (Phi) is 11.4. The zero-order valence-electron chi connectivity index (χ0n) is 19.8. The number of benzene rings is 1. The Morgan fingerprint density at radius 2 is 2.03 bits per heavy atom. The minimum absolute atomic E-state index is 0. The van der Waals surface area contributed by atoms with Crippen molar-refractivity contribution >= 4 is 36.0 Å². The van der Waals surface area contributed by atoms with E-state index in [2.05, 4.69) is 34.7 Å². The molecule has 1 saturated heterocycles. The molecule has 2 N–H and O–H groups in total. The molecule has 1 amide bonds. The van der Waals surface area contributed by atoms with Crippen molar-refractivity contribution in [2.75, 3.05) is 40.3 Å². The van der Waals surface area contributed by atoms with Crippen molar-refractivity contribution in [3.05, 3.63) is 29.3 Å². The molecule has 7 nitrogen and oxygen atoms in total. The topological polar surface area (TPSA) is 75.2 Å². The quantitative estimate of drug-likeness (QED) is 0.321. The van der Waals surface area contributed by atoms with Crippen LogP contribution in [-0.4, -0.2) is 62.9 Å². The van der Waals surface area contributed by atoms with E-state index in [1.165, 1.54) is 11.1 Å². The van der Waals surface area contributed by atoms with Crippen molar-refractivity contribution in [2.45, 2.75) is 52.6 Å². The van der Waals surface area contributed by atoms with Crippen molar-refractivity contribution in [1.82, 2.24) is 15.5 Å². The number of aliphatic imine (C=N–C) groups is 1. The number of nitrogens with one attached hydrogen (secondary N) is 2. The molecule has 1 aliphatic heterocycles. The monoisotopic (exact) mass is 546 g/mol. The number of carbonyl (C=O) groups is 1. The molecule has 1 atom stereocenters. The zero-order chi connectivity index (χ0) is 22.1. The van der Waals surface area contributed by atoms with Crippen LogP contribution in [0, 0.1) is 12.8 Å². The van der Waals surface area contributed by atoms with Gasteiger partial charge in [-0.1, -0.05) is 17.7 Å². The molecule has 0 aliphatic carbocycles. The van der Waals surface area contributed by atoms with Gasteiger partial charge in [0.05, 0.1) is 7.11 Å². The lowest BCUT2D eigenvalue weighted by atomic mass is 9.98. The number of guanidine groups is 1. The summed E-state index contributed by atoms with van der Waals surface area (Å²) in [6, 6.07) is 6.22. The van der Waals surface area contributed by atoms with Gasteiger partial charge in [0, 0.05) is 33.2 Å². The first kappa shape index (κ1) is 27.3. The summed E-state index contributed by atoms with van der Waals surface area (Å²) in [4.78, 5) is 18.5. The van der Waals surface area contributed by atoms with Crippen LogP contribution in [-0.2, 0) is 11.2 Å². The standard InChI is InChI=1S/C23H38N4O3.HI/c1-17-9-10-20(29-6)19(14-17)11-12-25-21(24-5)26-15-18-8-7-13-27(16-18)22(28)30-23(2,3)4;/h9-10,14,18H,7-8,11-13,15-16H2,1-6H3,(H2,24,25,26);1H. The molecule has 1 unspecified atom stereocenters. The number of likely N-dealkylation sites (tertiary alicyclic amines) is 1. The molecular weight excluding hydrogens is 507 g/mol. The van der Waals surface area contributed by atoms with Crippen LogP contribution in [0.15, 0.2) is 23.2 Å². The van der Waals surface area contributed by atoms with Crippen LogP contribution < -0.4 is 15.4 Å². The van der Waals surface area contributed by atoms with Crippen LogP contribution in [0.5, 0.6) is 5.75 Å². The number of hydrogen-bond acceptors (Lipinski definition) is 4. The van der Waals surface area contributed by atoms with Crippen molar-refractivity contribution in [1.29, 1.82) is 0 Å². The molecular formula is C23H39IN4O3. The summed E-state index contributed by atoms with van der Waals surface area (Å²) in [5.41, 5.74) is 1.94. The first-order chi connectivity index (χ1) is 14.2. The smallest absolute Gasteiger partial charge is 0.410 e. The van der Waals surface area contributed by atoms with Gasteiger partial charge in [0.25, 0.3) is 0 Å². The predicted octanol–water partition coefficient (Wildman–Crippen LogP) is 3.98. The van der Waals surface area contributed by atoms with E-state index in [1.54, 1.807) is 14.2 Å². The fourth-order valence-electron chi connectivity index (χ4n) is 3.60. The van der Waals surface area contributed by atoms with E-state index >= 15 is 0 Å². The van der Waals surface area contributed by atoms with Gasteiger partial charge in [-0.05, 0) is 64.5 Å². The van der Waals surface area contributed by atoms with Gasteiger partial charge in [-0.15, -0.1) is 24.0 Å². The molecule has 8 heteroatoms. The second-order valence-electron chi connectivity index (χ2n) is 8.88. The molecule has 1 fully saturated rings. The van der Waals surface area contributed by atoms with Crippen LogP contribution in [0.2, 0.25) is 0 Å². The Morgan fingerprint density at radius 3 is 2.68 bits per heavy atom. The minimum Gasteiger partial charge on any atom is -0.496 e. The molecule has 0 bridgehead atoms. The normalized spacial score (nSPS) is 16.9. The Labute approximate surface area is 204 Å². The van der Waals surface area contributed by atoms with Gasteiger partial charge in [0.1, 0.15) is 11.4 Å². The Balaban J connectivity index is 0.00000480. The molecule has 1 aliphatic rings. The SMILES string of the molecule is CN=C(NCCc1cc(C)ccc1OC)NCC1CCCN(C(=O)OC(C)(C)C)C1.I. The first-order valence-electron chi connectivity index (χ1n) is 10.8. The Hall–Kier alpha value is -1.71. The average molecular weight is 546 g/mol. The molecule has 0 saturated carbocycles. The number of methoxy groups -OCH3 is 1. The Bertz CT molecular complexity index is 734. The summed E-state index contributed by atoms with van der Waals surface area (Å²) in [6.45, 7) is 10.8. The van der Waals surface area contributed by atoms with Crippen LogP contribution in [0.4, 0.5) is 4.79 Å². The lowest BCUT2D eigenvalue weighted by molar-refractivity contribution is 0.0168. The highest BCUT2D eigenvalue weighted by Gasteiger charge is 2.27. The second kappa shape index (κ2) is 13.0. The summed E-state index contributed by atoms with van der Waals surface area (Å²) in [7, 11) is 3.48. The van der Waals surface area contributed by atoms with E-state index in [1.807, 2.05) is 31.7 Å². The second-order valence-corrected chi connectivity index (χ2v) is 8.88. The van der Waals surface area contributed by atoms with Crippen LogP contribution >= 0.6 is 24.0 Å². The zero-order valence-corrected chi connectivity index (χ0v) is 22.1. The highest BCUT2D eigenvalue weighted by atomic mass is 127. The van der Waals surface area contributed by atoms with Gasteiger partial charge in [-0.25, -0.2) is 4.79 Å². The van der Waals surface area contributed by atoms with Crippen LogP contribution in [0.1, 0.15) is 44.7 Å². The maximum absolute atomic E-state index is 12.3. The van der Waals surface area contributed by atoms with E-state index in [0.29, 0.717) is 12.5 Å². The summed E-state index contributed by atoms with van der Waals surface area (Å²) in [5, 5.41) is 6.77. The van der Waals surface area contributed by atoms with E-state index in [0.717, 1.165) is 50.6 Å². The molecule has 0 spiro atoms. The minimum atomic E-state index is -0.464. The third-order valence-electron chi connectivity index (χ3n) is 5.08. The lowest BCUT2D eigenvalue weighted by Gasteiger charge is -2.34. The third-order valence-corrected chi connectivity index (χ3v) is 5.08. The van der Waals surface area contributed by atoms with E-state index in [4.69, 9.17) is 9.47 Å². The van der Waals surface area contributed by atoms with E-state index < -0.39 is 5.60 Å². The van der Waals surface area contributed by atoms with Gasteiger partial charge in [0.15, 0.2) is 5.96 Å². The molecule has 31 heavy (non-hydrogen) atoms. The number of ether oxygens (including phenoxy) is 2. The van der Waals surface area contributed by atoms with Crippen molar-refractivity contribution in [2.24, 2.45) is 10.9 Å². The fourth-order valence-corrected chi connectivity index (χ4v) is 3.60. The molecule has 0 aromatic heterocycles. The van der Waals surface area contributed by atoms with Crippen molar-refractivity contribution < 1.29 is 14.3 Å². The maximum Gasteiger partial charge on any atom is 0.410 e. The number of amides is 1. The average Bonchev–Trinajstić information content (AvgIpc) is 2.69. The fraction of sp³-hybridized carbons (Fsp3) is 0.652. The Morgan fingerprint density at radius 1 is 1.29 bits per heavy atom. The number of hydrogen-bond donors (Lipinski definition) is 2. The van der Waals surface area contributed by atoms with Crippen molar-refractivity contribution in [3.63, 3.8) is 0 Å².